The van der Waals surface area contributed by atoms with Crippen molar-refractivity contribution in [2.45, 2.75) is 6.04 Å². The van der Waals surface area contributed by atoms with E-state index in [1.807, 2.05) is 13.2 Å². The summed E-state index contributed by atoms with van der Waals surface area (Å²) in [6, 6.07) is 4.88. The number of amides is 1. The van der Waals surface area contributed by atoms with Crippen LogP contribution >= 0.6 is 0 Å². The third kappa shape index (κ3) is 2.89. The summed E-state index contributed by atoms with van der Waals surface area (Å²) in [7, 11) is 3.55. The van der Waals surface area contributed by atoms with Crippen molar-refractivity contribution in [2.24, 2.45) is 7.05 Å². The lowest BCUT2D eigenvalue weighted by Gasteiger charge is -2.20. The number of anilines is 1. The van der Waals surface area contributed by atoms with E-state index in [9.17, 15) is 4.79 Å². The Morgan fingerprint density at radius 2 is 2.09 bits per heavy atom. The lowest BCUT2D eigenvalue weighted by Crippen LogP contribution is -2.30. The van der Waals surface area contributed by atoms with Crippen LogP contribution in [0.4, 0.5) is 5.69 Å². The number of nitrogens with zero attached hydrogens (tertiary/aromatic N) is 2. The van der Waals surface area contributed by atoms with Gasteiger partial charge in [-0.25, -0.2) is 0 Å². The van der Waals surface area contributed by atoms with Crippen molar-refractivity contribution < 1.29 is 14.3 Å². The number of benzene rings is 1. The van der Waals surface area contributed by atoms with E-state index in [-0.39, 0.29) is 5.91 Å². The Morgan fingerprint density at radius 3 is 2.77 bits per heavy atom. The van der Waals surface area contributed by atoms with Crippen molar-refractivity contribution in [1.82, 2.24) is 15.1 Å². The first kappa shape index (κ1) is 14.4. The van der Waals surface area contributed by atoms with Gasteiger partial charge in [0.15, 0.2) is 11.5 Å². The summed E-state index contributed by atoms with van der Waals surface area (Å²) in [5.74, 6) is 1.18. The predicted molar refractivity (Wildman–Crippen MR) is 81.1 cm³/mol. The molecule has 0 fully saturated rings. The zero-order chi connectivity index (χ0) is 15.5. The molecule has 0 saturated heterocycles. The Labute approximate surface area is 128 Å². The fraction of sp³-hybridized carbons (Fsp3) is 0.333. The van der Waals surface area contributed by atoms with Crippen molar-refractivity contribution >= 4 is 11.6 Å². The molecule has 1 aromatic heterocycles. The van der Waals surface area contributed by atoms with Crippen molar-refractivity contribution in [3.63, 3.8) is 0 Å². The van der Waals surface area contributed by atoms with Crippen molar-refractivity contribution in [3.05, 3.63) is 36.2 Å². The van der Waals surface area contributed by atoms with Gasteiger partial charge in [0.1, 0.15) is 19.3 Å². The van der Waals surface area contributed by atoms with E-state index in [0.717, 1.165) is 5.56 Å². The maximum atomic E-state index is 12.4. The molecule has 0 aliphatic carbocycles. The minimum Gasteiger partial charge on any atom is -0.486 e. The molecular weight excluding hydrogens is 284 g/mol. The van der Waals surface area contributed by atoms with Crippen LogP contribution in [0.2, 0.25) is 0 Å². The molecule has 1 aliphatic heterocycles. The van der Waals surface area contributed by atoms with Crippen LogP contribution in [0, 0.1) is 0 Å². The van der Waals surface area contributed by atoms with Gasteiger partial charge in [-0.1, -0.05) is 0 Å². The number of hydrogen-bond donors (Lipinski definition) is 2. The third-order valence-corrected chi connectivity index (χ3v) is 3.42. The molecule has 1 atom stereocenters. The number of hydrogen-bond acceptors (Lipinski definition) is 5. The van der Waals surface area contributed by atoms with Crippen LogP contribution in [0.25, 0.3) is 0 Å². The van der Waals surface area contributed by atoms with Gasteiger partial charge in [-0.15, -0.1) is 0 Å². The molecule has 1 aromatic carbocycles. The van der Waals surface area contributed by atoms with Gasteiger partial charge in [-0.3, -0.25) is 9.48 Å². The standard InChI is InChI=1S/C15H18N4O3/c1-16-14(10-8-17-19(2)9-10)15(20)18-11-3-4-12-13(7-11)22-6-5-21-12/h3-4,7-9,14,16H,5-6H2,1-2H3,(H,18,20). The van der Waals surface area contributed by atoms with Crippen LogP contribution < -0.4 is 20.1 Å². The van der Waals surface area contributed by atoms with Gasteiger partial charge in [0, 0.05) is 30.6 Å². The Kier molecular flexibility index (Phi) is 3.97. The number of fused-ring (bicyclic) bond motifs is 1. The van der Waals surface area contributed by atoms with Gasteiger partial charge in [0.25, 0.3) is 0 Å². The molecule has 1 amide bonds. The summed E-state index contributed by atoms with van der Waals surface area (Å²) in [6.45, 7) is 1.06. The van der Waals surface area contributed by atoms with E-state index < -0.39 is 6.04 Å². The largest absolute Gasteiger partial charge is 0.486 e. The van der Waals surface area contributed by atoms with Crippen LogP contribution in [-0.2, 0) is 11.8 Å². The maximum Gasteiger partial charge on any atom is 0.246 e. The van der Waals surface area contributed by atoms with E-state index in [4.69, 9.17) is 9.47 Å². The molecule has 0 spiro atoms. The van der Waals surface area contributed by atoms with Crippen LogP contribution in [0.5, 0.6) is 11.5 Å². The van der Waals surface area contributed by atoms with Crippen molar-refractivity contribution in [2.75, 3.05) is 25.6 Å². The van der Waals surface area contributed by atoms with Gasteiger partial charge in [-0.2, -0.15) is 5.10 Å². The Hall–Kier alpha value is -2.54. The summed E-state index contributed by atoms with van der Waals surface area (Å²) in [5, 5.41) is 9.96. The SMILES string of the molecule is CNC(C(=O)Nc1ccc2c(c1)OCCO2)c1cnn(C)c1. The van der Waals surface area contributed by atoms with Gasteiger partial charge in [0.05, 0.1) is 6.20 Å². The van der Waals surface area contributed by atoms with Crippen LogP contribution in [0.1, 0.15) is 11.6 Å². The molecule has 7 nitrogen and oxygen atoms in total. The number of aryl methyl sites for hydroxylation is 1. The van der Waals surface area contributed by atoms with Gasteiger partial charge in [0.2, 0.25) is 5.91 Å². The molecular formula is C15H18N4O3. The number of rotatable bonds is 4. The second kappa shape index (κ2) is 6.07. The zero-order valence-electron chi connectivity index (χ0n) is 12.5. The molecule has 3 rings (SSSR count). The highest BCUT2D eigenvalue weighted by Gasteiger charge is 2.21. The molecule has 7 heteroatoms. The van der Waals surface area contributed by atoms with Crippen LogP contribution in [0.3, 0.4) is 0 Å². The lowest BCUT2D eigenvalue weighted by molar-refractivity contribution is -0.118. The molecule has 0 saturated carbocycles. The molecule has 2 heterocycles. The highest BCUT2D eigenvalue weighted by Crippen LogP contribution is 2.32. The fourth-order valence-corrected chi connectivity index (χ4v) is 2.37. The van der Waals surface area contributed by atoms with Crippen molar-refractivity contribution in [1.29, 1.82) is 0 Å². The molecule has 1 unspecified atom stereocenters. The number of likely N-dealkylation sites (N-methyl/N-ethyl adjacent to an activating group) is 1. The van der Waals surface area contributed by atoms with Gasteiger partial charge in [-0.05, 0) is 19.2 Å². The minimum atomic E-state index is -0.470. The molecule has 1 aliphatic rings. The van der Waals surface area contributed by atoms with Crippen LogP contribution in [-0.4, -0.2) is 35.9 Å². The second-order valence-electron chi connectivity index (χ2n) is 5.02. The average Bonchev–Trinajstić information content (AvgIpc) is 2.94. The summed E-state index contributed by atoms with van der Waals surface area (Å²) in [6.07, 6.45) is 3.48. The minimum absolute atomic E-state index is 0.160. The Balaban J connectivity index is 1.75. The first-order valence-corrected chi connectivity index (χ1v) is 7.03. The number of nitrogens with one attached hydrogen (secondary N) is 2. The van der Waals surface area contributed by atoms with E-state index in [0.29, 0.717) is 30.4 Å². The number of ether oxygens (including phenoxy) is 2. The molecule has 0 bridgehead atoms. The quantitative estimate of drug-likeness (QED) is 0.884. The van der Waals surface area contributed by atoms with E-state index >= 15 is 0 Å². The fourth-order valence-electron chi connectivity index (χ4n) is 2.37. The van der Waals surface area contributed by atoms with Crippen molar-refractivity contribution in [3.8, 4) is 11.5 Å². The normalized spacial score (nSPS) is 14.5. The monoisotopic (exact) mass is 302 g/mol. The molecule has 2 N–H and O–H groups in total. The smallest absolute Gasteiger partial charge is 0.246 e. The highest BCUT2D eigenvalue weighted by molar-refractivity contribution is 5.95. The van der Waals surface area contributed by atoms with Gasteiger partial charge < -0.3 is 20.1 Å². The van der Waals surface area contributed by atoms with E-state index in [2.05, 4.69) is 15.7 Å². The molecule has 116 valence electrons. The van der Waals surface area contributed by atoms with E-state index in [1.165, 1.54) is 0 Å². The summed E-state index contributed by atoms with van der Waals surface area (Å²) < 4.78 is 12.6. The number of carbonyl (C=O) groups excluding carboxylic acids is 1. The van der Waals surface area contributed by atoms with Crippen LogP contribution in [0.15, 0.2) is 30.6 Å². The summed E-state index contributed by atoms with van der Waals surface area (Å²) in [4.78, 5) is 12.4. The Bertz CT molecular complexity index is 683. The van der Waals surface area contributed by atoms with Gasteiger partial charge >= 0.3 is 0 Å². The highest BCUT2D eigenvalue weighted by atomic mass is 16.6. The molecule has 2 aromatic rings. The maximum absolute atomic E-state index is 12.4. The first-order chi connectivity index (χ1) is 10.7. The molecule has 22 heavy (non-hydrogen) atoms. The topological polar surface area (TPSA) is 77.4 Å². The zero-order valence-corrected chi connectivity index (χ0v) is 12.5. The van der Waals surface area contributed by atoms with E-state index in [1.54, 1.807) is 36.1 Å². The Morgan fingerprint density at radius 1 is 1.32 bits per heavy atom. The lowest BCUT2D eigenvalue weighted by atomic mass is 10.1. The average molecular weight is 302 g/mol. The summed E-state index contributed by atoms with van der Waals surface area (Å²) in [5.41, 5.74) is 1.47. The predicted octanol–water partition coefficient (Wildman–Crippen LogP) is 1.09. The molecule has 0 radical (unpaired) electrons. The third-order valence-electron chi connectivity index (χ3n) is 3.42. The second-order valence-corrected chi connectivity index (χ2v) is 5.02. The number of aromatic nitrogens is 2. The number of carbonyl (C=O) groups is 1. The summed E-state index contributed by atoms with van der Waals surface area (Å²) >= 11 is 0. The first-order valence-electron chi connectivity index (χ1n) is 7.03.